The molecule has 7 heteroatoms. The number of carbonyl (C=O) groups is 1. The number of hydrogen-bond acceptors (Lipinski definition) is 4. The van der Waals surface area contributed by atoms with E-state index >= 15 is 0 Å². The smallest absolute Gasteiger partial charge is 0.224 e. The molecule has 2 aliphatic rings. The number of morpholine rings is 1. The van der Waals surface area contributed by atoms with E-state index < -0.39 is 10.8 Å². The maximum absolute atomic E-state index is 14.1. The topological polar surface area (TPSA) is 58.6 Å². The molecule has 1 heterocycles. The fourth-order valence-corrected chi connectivity index (χ4v) is 4.82. The van der Waals surface area contributed by atoms with Crippen LogP contribution in [0.15, 0.2) is 52.9 Å². The predicted molar refractivity (Wildman–Crippen MR) is 131 cm³/mol. The Morgan fingerprint density at radius 1 is 1.15 bits per heavy atom. The molecule has 1 aliphatic carbocycles. The molecule has 33 heavy (non-hydrogen) atoms. The molecule has 1 unspecified atom stereocenters. The van der Waals surface area contributed by atoms with Gasteiger partial charge in [0.2, 0.25) is 5.91 Å². The molecule has 0 saturated carbocycles. The molecule has 5 nitrogen and oxygen atoms in total. The van der Waals surface area contributed by atoms with Crippen LogP contribution in [0.3, 0.4) is 0 Å². The first kappa shape index (κ1) is 23.5. The molecule has 2 aromatic carbocycles. The van der Waals surface area contributed by atoms with Gasteiger partial charge in [0.1, 0.15) is 5.82 Å². The van der Waals surface area contributed by atoms with E-state index in [9.17, 15) is 13.4 Å². The van der Waals surface area contributed by atoms with Gasteiger partial charge in [0.15, 0.2) is 0 Å². The van der Waals surface area contributed by atoms with Crippen molar-refractivity contribution in [2.75, 3.05) is 45.6 Å². The van der Waals surface area contributed by atoms with E-state index in [4.69, 9.17) is 4.74 Å². The molecule has 1 fully saturated rings. The van der Waals surface area contributed by atoms with E-state index in [-0.39, 0.29) is 18.1 Å². The zero-order valence-corrected chi connectivity index (χ0v) is 19.8. The summed E-state index contributed by atoms with van der Waals surface area (Å²) in [5.41, 5.74) is 5.46. The van der Waals surface area contributed by atoms with Crippen molar-refractivity contribution in [3.8, 4) is 0 Å². The molecule has 1 N–H and O–H groups in total. The number of halogens is 1. The normalized spacial score (nSPS) is 18.5. The summed E-state index contributed by atoms with van der Waals surface area (Å²) in [5, 5.41) is 3.01. The Kier molecular flexibility index (Phi) is 7.53. The third-order valence-corrected chi connectivity index (χ3v) is 7.10. The Bertz CT molecular complexity index is 1120. The van der Waals surface area contributed by atoms with Gasteiger partial charge in [-0.1, -0.05) is 18.2 Å². The van der Waals surface area contributed by atoms with Crippen LogP contribution in [0.1, 0.15) is 30.0 Å². The summed E-state index contributed by atoms with van der Waals surface area (Å²) in [6, 6.07) is 12.3. The number of hydrogen-bond donors (Lipinski definition) is 1. The molecule has 0 bridgehead atoms. The quantitative estimate of drug-likeness (QED) is 0.673. The van der Waals surface area contributed by atoms with Crippen LogP contribution in [0.5, 0.6) is 0 Å². The highest BCUT2D eigenvalue weighted by Crippen LogP contribution is 2.43. The van der Waals surface area contributed by atoms with Crippen molar-refractivity contribution in [2.24, 2.45) is 0 Å². The van der Waals surface area contributed by atoms with Crippen molar-refractivity contribution in [2.45, 2.75) is 18.2 Å². The van der Waals surface area contributed by atoms with Crippen LogP contribution < -0.4 is 5.32 Å². The molecule has 1 saturated heterocycles. The second-order valence-electron chi connectivity index (χ2n) is 8.36. The molecule has 1 atom stereocenters. The molecular formula is C26H29FN2O3S. The number of benzene rings is 2. The predicted octanol–water partition coefficient (Wildman–Crippen LogP) is 3.73. The minimum absolute atomic E-state index is 0.0659. The van der Waals surface area contributed by atoms with E-state index in [1.54, 1.807) is 12.3 Å². The number of carbonyl (C=O) groups excluding carboxylic acids is 1. The van der Waals surface area contributed by atoms with Gasteiger partial charge in [0.25, 0.3) is 0 Å². The SMILES string of the molecule is CC1=C(CC(=O)NCCN2CCOCC2)c2cc(F)ccc2C1=Cc1ccc(S(C)=O)cc1. The van der Waals surface area contributed by atoms with Crippen molar-refractivity contribution < 1.29 is 18.1 Å². The molecule has 174 valence electrons. The molecule has 2 aromatic rings. The van der Waals surface area contributed by atoms with Crippen LogP contribution in [-0.2, 0) is 20.3 Å². The third kappa shape index (κ3) is 5.66. The summed E-state index contributed by atoms with van der Waals surface area (Å²) >= 11 is 0. The number of nitrogens with zero attached hydrogens (tertiary/aromatic N) is 1. The molecule has 0 radical (unpaired) electrons. The number of amides is 1. The molecular weight excluding hydrogens is 439 g/mol. The maximum atomic E-state index is 14.1. The first-order valence-corrected chi connectivity index (χ1v) is 12.7. The van der Waals surface area contributed by atoms with Gasteiger partial charge in [-0.3, -0.25) is 13.9 Å². The lowest BCUT2D eigenvalue weighted by molar-refractivity contribution is -0.120. The number of allylic oxidation sites excluding steroid dienone is 2. The Morgan fingerprint density at radius 3 is 2.58 bits per heavy atom. The van der Waals surface area contributed by atoms with Crippen LogP contribution in [0.4, 0.5) is 4.39 Å². The fraction of sp³-hybridized carbons (Fsp3) is 0.346. The van der Waals surface area contributed by atoms with E-state index in [0.717, 1.165) is 71.2 Å². The third-order valence-electron chi connectivity index (χ3n) is 6.17. The van der Waals surface area contributed by atoms with Gasteiger partial charge in [0.05, 0.1) is 19.6 Å². The first-order chi connectivity index (χ1) is 15.9. The Labute approximate surface area is 196 Å². The standard InChI is InChI=1S/C26H29FN2O3S/c1-18-23(15-19-3-6-21(7-4-19)33(2)31)22-8-5-20(27)16-25(22)24(18)17-26(30)28-9-10-29-11-13-32-14-12-29/h3-8,15-16H,9-14,17H2,1-2H3,(H,28,30). The lowest BCUT2D eigenvalue weighted by Crippen LogP contribution is -2.41. The van der Waals surface area contributed by atoms with Gasteiger partial charge < -0.3 is 10.1 Å². The average molecular weight is 469 g/mol. The van der Waals surface area contributed by atoms with Crippen molar-refractivity contribution >= 4 is 33.9 Å². The van der Waals surface area contributed by atoms with Crippen molar-refractivity contribution in [1.29, 1.82) is 0 Å². The lowest BCUT2D eigenvalue weighted by atomic mass is 10.0. The summed E-state index contributed by atoms with van der Waals surface area (Å²) < 4.78 is 31.1. The van der Waals surface area contributed by atoms with Gasteiger partial charge >= 0.3 is 0 Å². The lowest BCUT2D eigenvalue weighted by Gasteiger charge is -2.26. The van der Waals surface area contributed by atoms with E-state index in [1.807, 2.05) is 37.3 Å². The highest BCUT2D eigenvalue weighted by molar-refractivity contribution is 7.84. The van der Waals surface area contributed by atoms with Gasteiger partial charge in [0, 0.05) is 48.1 Å². The number of fused-ring (bicyclic) bond motifs is 1. The molecule has 0 aromatic heterocycles. The fourth-order valence-electron chi connectivity index (χ4n) is 4.31. The average Bonchev–Trinajstić information content (AvgIpc) is 3.05. The van der Waals surface area contributed by atoms with Crippen LogP contribution in [0.25, 0.3) is 17.2 Å². The minimum Gasteiger partial charge on any atom is -0.379 e. The molecule has 0 spiro atoms. The number of ether oxygens (including phenoxy) is 1. The van der Waals surface area contributed by atoms with Gasteiger partial charge in [-0.05, 0) is 70.7 Å². The zero-order chi connectivity index (χ0) is 23.4. The van der Waals surface area contributed by atoms with Crippen LogP contribution >= 0.6 is 0 Å². The maximum Gasteiger partial charge on any atom is 0.224 e. The first-order valence-electron chi connectivity index (χ1n) is 11.1. The van der Waals surface area contributed by atoms with Crippen LogP contribution in [0, 0.1) is 5.82 Å². The number of nitrogens with one attached hydrogen (secondary N) is 1. The monoisotopic (exact) mass is 468 g/mol. The van der Waals surface area contributed by atoms with E-state index in [1.165, 1.54) is 12.1 Å². The van der Waals surface area contributed by atoms with Gasteiger partial charge in [-0.2, -0.15) is 0 Å². The van der Waals surface area contributed by atoms with Crippen molar-refractivity contribution in [3.63, 3.8) is 0 Å². The van der Waals surface area contributed by atoms with Crippen LogP contribution in [0.2, 0.25) is 0 Å². The Hall–Kier alpha value is -2.61. The molecule has 4 rings (SSSR count). The van der Waals surface area contributed by atoms with Crippen molar-refractivity contribution in [3.05, 3.63) is 70.5 Å². The highest BCUT2D eigenvalue weighted by Gasteiger charge is 2.25. The Morgan fingerprint density at radius 2 is 1.88 bits per heavy atom. The Balaban J connectivity index is 1.52. The minimum atomic E-state index is -1.03. The van der Waals surface area contributed by atoms with E-state index in [0.29, 0.717) is 6.54 Å². The summed E-state index contributed by atoms with van der Waals surface area (Å²) in [6.07, 6.45) is 3.90. The second-order valence-corrected chi connectivity index (χ2v) is 9.74. The molecule has 1 amide bonds. The number of rotatable bonds is 7. The summed E-state index contributed by atoms with van der Waals surface area (Å²) in [4.78, 5) is 15.8. The summed E-state index contributed by atoms with van der Waals surface area (Å²) in [6.45, 7) is 6.59. The zero-order valence-electron chi connectivity index (χ0n) is 19.0. The summed E-state index contributed by atoms with van der Waals surface area (Å²) in [5.74, 6) is -0.383. The highest BCUT2D eigenvalue weighted by atomic mass is 32.2. The van der Waals surface area contributed by atoms with E-state index in [2.05, 4.69) is 10.2 Å². The van der Waals surface area contributed by atoms with Crippen LogP contribution in [-0.4, -0.2) is 60.7 Å². The molecule has 1 aliphatic heterocycles. The van der Waals surface area contributed by atoms with Gasteiger partial charge in [-0.25, -0.2) is 4.39 Å². The van der Waals surface area contributed by atoms with Gasteiger partial charge in [-0.15, -0.1) is 0 Å². The summed E-state index contributed by atoms with van der Waals surface area (Å²) in [7, 11) is -1.03. The largest absolute Gasteiger partial charge is 0.379 e. The second kappa shape index (κ2) is 10.5. The van der Waals surface area contributed by atoms with Crippen molar-refractivity contribution in [1.82, 2.24) is 10.2 Å².